The normalized spacial score (nSPS) is 12.0. The number of hydrogen-bond acceptors (Lipinski definition) is 2. The molecule has 0 spiro atoms. The lowest BCUT2D eigenvalue weighted by Crippen LogP contribution is -2.07. The summed E-state index contributed by atoms with van der Waals surface area (Å²) in [5, 5.41) is 8.36. The average Bonchev–Trinajstić information content (AvgIpc) is 1.94. The Bertz CT molecular complexity index is 105. The van der Waals surface area contributed by atoms with Crippen molar-refractivity contribution >= 4 is 11.8 Å². The lowest BCUT2D eigenvalue weighted by Gasteiger charge is -2.04. The molecule has 0 amide bonds. The first-order valence-corrected chi connectivity index (χ1v) is 4.97. The van der Waals surface area contributed by atoms with Crippen LogP contribution in [0.25, 0.3) is 0 Å². The smallest absolute Gasteiger partial charge is 0.389 e. The molecule has 74 valence electrons. The predicted octanol–water partition coefficient (Wildman–Crippen LogP) is 2.44. The average molecular weight is 202 g/mol. The first kappa shape index (κ1) is 12.1. The molecule has 0 heterocycles. The lowest BCUT2D eigenvalue weighted by atomic mass is 10.3. The van der Waals surface area contributed by atoms with Crippen LogP contribution < -0.4 is 0 Å². The zero-order chi connectivity index (χ0) is 9.45. The van der Waals surface area contributed by atoms with Crippen molar-refractivity contribution in [3.8, 4) is 0 Å². The molecular formula is C7H13F3OS. The van der Waals surface area contributed by atoms with Crippen molar-refractivity contribution in [2.45, 2.75) is 25.4 Å². The van der Waals surface area contributed by atoms with Crippen LogP contribution in [0.2, 0.25) is 0 Å². The Morgan fingerprint density at radius 3 is 2.17 bits per heavy atom. The van der Waals surface area contributed by atoms with E-state index in [4.69, 9.17) is 5.11 Å². The minimum absolute atomic E-state index is 0.117. The summed E-state index contributed by atoms with van der Waals surface area (Å²) < 4.78 is 34.7. The fourth-order valence-electron chi connectivity index (χ4n) is 0.643. The molecule has 12 heavy (non-hydrogen) atoms. The standard InChI is InChI=1S/C7H13F3OS/c8-7(9,10)3-1-5-12-6-2-4-11/h11H,1-6H2. The van der Waals surface area contributed by atoms with Crippen molar-refractivity contribution in [2.24, 2.45) is 0 Å². The van der Waals surface area contributed by atoms with Crippen LogP contribution in [-0.4, -0.2) is 29.4 Å². The van der Waals surface area contributed by atoms with Gasteiger partial charge in [-0.15, -0.1) is 0 Å². The molecule has 0 bridgehead atoms. The van der Waals surface area contributed by atoms with Gasteiger partial charge in [-0.3, -0.25) is 0 Å². The van der Waals surface area contributed by atoms with Gasteiger partial charge in [-0.2, -0.15) is 24.9 Å². The highest BCUT2D eigenvalue weighted by atomic mass is 32.2. The van der Waals surface area contributed by atoms with Crippen LogP contribution in [0.3, 0.4) is 0 Å². The first-order valence-electron chi connectivity index (χ1n) is 3.81. The minimum atomic E-state index is -4.02. The number of alkyl halides is 3. The fourth-order valence-corrected chi connectivity index (χ4v) is 1.53. The van der Waals surface area contributed by atoms with Gasteiger partial charge in [0.25, 0.3) is 0 Å². The Morgan fingerprint density at radius 1 is 1.08 bits per heavy atom. The summed E-state index contributed by atoms with van der Waals surface area (Å²) in [6.07, 6.45) is -3.87. The molecule has 0 unspecified atom stereocenters. The molecule has 0 aliphatic heterocycles. The number of hydrogen-bond donors (Lipinski definition) is 1. The van der Waals surface area contributed by atoms with Gasteiger partial charge in [0.15, 0.2) is 0 Å². The molecule has 5 heteroatoms. The van der Waals surface area contributed by atoms with Crippen LogP contribution in [0.15, 0.2) is 0 Å². The molecule has 0 fully saturated rings. The van der Waals surface area contributed by atoms with E-state index in [1.165, 1.54) is 11.8 Å². The fraction of sp³-hybridized carbons (Fsp3) is 1.00. The van der Waals surface area contributed by atoms with Gasteiger partial charge in [0.05, 0.1) is 0 Å². The molecule has 0 aliphatic rings. The van der Waals surface area contributed by atoms with Crippen molar-refractivity contribution < 1.29 is 18.3 Å². The molecule has 0 atom stereocenters. The third-order valence-corrected chi connectivity index (χ3v) is 2.35. The lowest BCUT2D eigenvalue weighted by molar-refractivity contribution is -0.134. The van der Waals surface area contributed by atoms with Gasteiger partial charge >= 0.3 is 6.18 Å². The summed E-state index contributed by atoms with van der Waals surface area (Å²) >= 11 is 1.46. The molecule has 0 aromatic heterocycles. The van der Waals surface area contributed by atoms with Gasteiger partial charge in [-0.25, -0.2) is 0 Å². The monoisotopic (exact) mass is 202 g/mol. The topological polar surface area (TPSA) is 20.2 Å². The quantitative estimate of drug-likeness (QED) is 0.667. The Hall–Kier alpha value is 0.100. The van der Waals surface area contributed by atoms with E-state index in [2.05, 4.69) is 0 Å². The first-order chi connectivity index (χ1) is 5.56. The second kappa shape index (κ2) is 6.60. The molecule has 1 N–H and O–H groups in total. The van der Waals surface area contributed by atoms with Crippen molar-refractivity contribution in [2.75, 3.05) is 18.1 Å². The van der Waals surface area contributed by atoms with E-state index in [1.54, 1.807) is 0 Å². The van der Waals surface area contributed by atoms with E-state index < -0.39 is 12.6 Å². The molecule has 0 radical (unpaired) electrons. The van der Waals surface area contributed by atoms with E-state index in [-0.39, 0.29) is 13.0 Å². The van der Waals surface area contributed by atoms with Crippen LogP contribution in [-0.2, 0) is 0 Å². The molecule has 1 nitrogen and oxygen atoms in total. The summed E-state index contributed by atoms with van der Waals surface area (Å²) in [6, 6.07) is 0. The van der Waals surface area contributed by atoms with Gasteiger partial charge in [0.2, 0.25) is 0 Å². The molecule has 0 aromatic carbocycles. The van der Waals surface area contributed by atoms with Gasteiger partial charge < -0.3 is 5.11 Å². The molecule has 0 aliphatic carbocycles. The maximum atomic E-state index is 11.6. The van der Waals surface area contributed by atoms with Gasteiger partial charge in [-0.1, -0.05) is 0 Å². The van der Waals surface area contributed by atoms with Gasteiger partial charge in [0, 0.05) is 13.0 Å². The summed E-state index contributed by atoms with van der Waals surface area (Å²) in [5.74, 6) is 1.27. The zero-order valence-corrected chi connectivity index (χ0v) is 7.55. The Balaban J connectivity index is 3.01. The summed E-state index contributed by atoms with van der Waals surface area (Å²) in [6.45, 7) is 0.117. The predicted molar refractivity (Wildman–Crippen MR) is 44.3 cm³/mol. The summed E-state index contributed by atoms with van der Waals surface area (Å²) in [5.41, 5.74) is 0. The van der Waals surface area contributed by atoms with Gasteiger partial charge in [0.1, 0.15) is 0 Å². The number of aliphatic hydroxyl groups is 1. The minimum Gasteiger partial charge on any atom is -0.396 e. The number of halogens is 3. The second-order valence-corrected chi connectivity index (χ2v) is 3.63. The third kappa shape index (κ3) is 10.1. The van der Waals surface area contributed by atoms with E-state index in [9.17, 15) is 13.2 Å². The van der Waals surface area contributed by atoms with E-state index in [0.29, 0.717) is 12.2 Å². The van der Waals surface area contributed by atoms with E-state index in [1.807, 2.05) is 0 Å². The van der Waals surface area contributed by atoms with Crippen molar-refractivity contribution in [1.29, 1.82) is 0 Å². The van der Waals surface area contributed by atoms with Crippen LogP contribution in [0.1, 0.15) is 19.3 Å². The SMILES string of the molecule is OCCCSCCCC(F)(F)F. The Morgan fingerprint density at radius 2 is 1.67 bits per heavy atom. The number of rotatable bonds is 6. The molecule has 0 aromatic rings. The molecule has 0 rings (SSSR count). The van der Waals surface area contributed by atoms with Gasteiger partial charge in [-0.05, 0) is 24.3 Å². The molecular weight excluding hydrogens is 189 g/mol. The highest BCUT2D eigenvalue weighted by molar-refractivity contribution is 7.99. The summed E-state index contributed by atoms with van der Waals surface area (Å²) in [7, 11) is 0. The second-order valence-electron chi connectivity index (χ2n) is 2.41. The van der Waals surface area contributed by atoms with Crippen LogP contribution in [0, 0.1) is 0 Å². The van der Waals surface area contributed by atoms with Crippen LogP contribution in [0.4, 0.5) is 13.2 Å². The van der Waals surface area contributed by atoms with Crippen molar-refractivity contribution in [1.82, 2.24) is 0 Å². The third-order valence-electron chi connectivity index (χ3n) is 1.20. The zero-order valence-electron chi connectivity index (χ0n) is 6.73. The number of aliphatic hydroxyl groups excluding tert-OH is 1. The molecule has 0 saturated heterocycles. The van der Waals surface area contributed by atoms with Crippen LogP contribution >= 0.6 is 11.8 Å². The van der Waals surface area contributed by atoms with Crippen molar-refractivity contribution in [3.05, 3.63) is 0 Å². The Labute approximate surface area is 74.3 Å². The van der Waals surface area contributed by atoms with Crippen LogP contribution in [0.5, 0.6) is 0 Å². The largest absolute Gasteiger partial charge is 0.396 e. The van der Waals surface area contributed by atoms with E-state index in [0.717, 1.165) is 5.75 Å². The Kier molecular flexibility index (Phi) is 6.65. The highest BCUT2D eigenvalue weighted by Crippen LogP contribution is 2.22. The summed E-state index contributed by atoms with van der Waals surface area (Å²) in [4.78, 5) is 0. The van der Waals surface area contributed by atoms with Crippen molar-refractivity contribution in [3.63, 3.8) is 0 Å². The highest BCUT2D eigenvalue weighted by Gasteiger charge is 2.25. The van der Waals surface area contributed by atoms with E-state index >= 15 is 0 Å². The maximum absolute atomic E-state index is 11.6. The number of thioether (sulfide) groups is 1. The maximum Gasteiger partial charge on any atom is 0.389 e. The molecule has 0 saturated carbocycles.